The Bertz CT molecular complexity index is 286. The van der Waals surface area contributed by atoms with E-state index < -0.39 is 5.54 Å². The van der Waals surface area contributed by atoms with E-state index in [9.17, 15) is 4.79 Å². The third-order valence-corrected chi connectivity index (χ3v) is 4.29. The predicted octanol–water partition coefficient (Wildman–Crippen LogP) is 0.731. The number of nitrogens with zero attached hydrogens (tertiary/aromatic N) is 1. The molecule has 19 heavy (non-hydrogen) atoms. The van der Waals surface area contributed by atoms with Crippen LogP contribution in [0.15, 0.2) is 0 Å². The van der Waals surface area contributed by atoms with Gasteiger partial charge in [-0.25, -0.2) is 0 Å². The highest BCUT2D eigenvalue weighted by atomic mass is 16.5. The Morgan fingerprint density at radius 2 is 2.26 bits per heavy atom. The molecule has 0 aliphatic carbocycles. The molecule has 0 aromatic heterocycles. The van der Waals surface area contributed by atoms with Gasteiger partial charge < -0.3 is 15.8 Å². The van der Waals surface area contributed by atoms with E-state index in [4.69, 9.17) is 10.5 Å². The van der Waals surface area contributed by atoms with E-state index in [2.05, 4.69) is 17.1 Å². The fourth-order valence-electron chi connectivity index (χ4n) is 2.52. The van der Waals surface area contributed by atoms with Crippen LogP contribution in [0.3, 0.4) is 0 Å². The van der Waals surface area contributed by atoms with Crippen LogP contribution in [0.4, 0.5) is 0 Å². The van der Waals surface area contributed by atoms with E-state index in [1.165, 1.54) is 0 Å². The van der Waals surface area contributed by atoms with Crippen LogP contribution in [-0.2, 0) is 9.53 Å². The molecule has 3 N–H and O–H groups in total. The van der Waals surface area contributed by atoms with E-state index >= 15 is 0 Å². The minimum atomic E-state index is -0.574. The Hall–Kier alpha value is -0.650. The average molecular weight is 271 g/mol. The summed E-state index contributed by atoms with van der Waals surface area (Å²) in [5, 5.41) is 3.03. The first kappa shape index (κ1) is 16.4. The standard InChI is InChI=1S/C14H29N3O2/c1-4-12-11-19-10-9-17(12)8-6-5-7-14(2,16-3)13(15)18/h12,16H,4-11H2,1-3H3,(H2,15,18). The van der Waals surface area contributed by atoms with Gasteiger partial charge >= 0.3 is 0 Å². The monoisotopic (exact) mass is 271 g/mol. The zero-order valence-corrected chi connectivity index (χ0v) is 12.6. The van der Waals surface area contributed by atoms with Crippen LogP contribution < -0.4 is 11.1 Å². The van der Waals surface area contributed by atoms with Crippen LogP contribution >= 0.6 is 0 Å². The Kier molecular flexibility index (Phi) is 6.75. The molecule has 112 valence electrons. The van der Waals surface area contributed by atoms with Crippen LogP contribution in [0, 0.1) is 0 Å². The molecule has 1 rings (SSSR count). The summed E-state index contributed by atoms with van der Waals surface area (Å²) >= 11 is 0. The summed E-state index contributed by atoms with van der Waals surface area (Å²) < 4.78 is 5.50. The van der Waals surface area contributed by atoms with Gasteiger partial charge in [0.25, 0.3) is 0 Å². The topological polar surface area (TPSA) is 67.6 Å². The number of amides is 1. The third kappa shape index (κ3) is 4.75. The molecule has 1 saturated heterocycles. The van der Waals surface area contributed by atoms with Crippen molar-refractivity contribution in [2.45, 2.75) is 51.1 Å². The van der Waals surface area contributed by atoms with E-state index in [1.54, 1.807) is 7.05 Å². The second-order valence-electron chi connectivity index (χ2n) is 5.58. The van der Waals surface area contributed by atoms with Gasteiger partial charge in [-0.1, -0.05) is 6.92 Å². The lowest BCUT2D eigenvalue weighted by atomic mass is 9.94. The third-order valence-electron chi connectivity index (χ3n) is 4.29. The van der Waals surface area contributed by atoms with Crippen molar-refractivity contribution in [3.05, 3.63) is 0 Å². The predicted molar refractivity (Wildman–Crippen MR) is 77.0 cm³/mol. The normalized spacial score (nSPS) is 24.1. The van der Waals surface area contributed by atoms with E-state index in [-0.39, 0.29) is 5.91 Å². The number of nitrogens with two attached hydrogens (primary N) is 1. The Morgan fingerprint density at radius 1 is 1.53 bits per heavy atom. The fourth-order valence-corrected chi connectivity index (χ4v) is 2.52. The number of rotatable bonds is 8. The maximum absolute atomic E-state index is 11.4. The summed E-state index contributed by atoms with van der Waals surface area (Å²) in [6.07, 6.45) is 4.03. The number of carbonyl (C=O) groups excluding carboxylic acids is 1. The number of morpholine rings is 1. The zero-order valence-electron chi connectivity index (χ0n) is 12.6. The molecule has 0 spiro atoms. The fraction of sp³-hybridized carbons (Fsp3) is 0.929. The first-order valence-corrected chi connectivity index (χ1v) is 7.34. The lowest BCUT2D eigenvalue weighted by Crippen LogP contribution is -2.51. The summed E-state index contributed by atoms with van der Waals surface area (Å²) in [4.78, 5) is 13.9. The van der Waals surface area contributed by atoms with Gasteiger partial charge in [-0.3, -0.25) is 9.69 Å². The van der Waals surface area contributed by atoms with Crippen molar-refractivity contribution < 1.29 is 9.53 Å². The summed E-state index contributed by atoms with van der Waals surface area (Å²) in [6.45, 7) is 7.88. The number of hydrogen-bond acceptors (Lipinski definition) is 4. The van der Waals surface area contributed by atoms with Gasteiger partial charge in [0.15, 0.2) is 0 Å². The van der Waals surface area contributed by atoms with Crippen molar-refractivity contribution in [1.29, 1.82) is 0 Å². The van der Waals surface area contributed by atoms with Gasteiger partial charge in [0.05, 0.1) is 18.8 Å². The maximum Gasteiger partial charge on any atom is 0.237 e. The molecule has 1 amide bonds. The summed E-state index contributed by atoms with van der Waals surface area (Å²) in [7, 11) is 1.79. The molecule has 1 aliphatic rings. The highest BCUT2D eigenvalue weighted by Crippen LogP contribution is 2.15. The maximum atomic E-state index is 11.4. The molecule has 0 radical (unpaired) electrons. The van der Waals surface area contributed by atoms with Crippen molar-refractivity contribution in [2.24, 2.45) is 5.73 Å². The Morgan fingerprint density at radius 3 is 2.84 bits per heavy atom. The number of carbonyl (C=O) groups is 1. The number of ether oxygens (including phenoxy) is 1. The number of nitrogens with one attached hydrogen (secondary N) is 1. The van der Waals surface area contributed by atoms with Gasteiger partial charge in [-0.15, -0.1) is 0 Å². The Balaban J connectivity index is 2.28. The second kappa shape index (κ2) is 7.82. The SMILES string of the molecule is CCC1COCCN1CCCCC(C)(NC)C(N)=O. The van der Waals surface area contributed by atoms with Crippen molar-refractivity contribution in [3.8, 4) is 0 Å². The summed E-state index contributed by atoms with van der Waals surface area (Å²) in [5.41, 5.74) is 4.85. The first-order chi connectivity index (χ1) is 9.03. The first-order valence-electron chi connectivity index (χ1n) is 7.34. The number of primary amides is 1. The second-order valence-corrected chi connectivity index (χ2v) is 5.58. The lowest BCUT2D eigenvalue weighted by molar-refractivity contribution is -0.123. The Labute approximate surface area is 116 Å². The largest absolute Gasteiger partial charge is 0.378 e. The highest BCUT2D eigenvalue weighted by molar-refractivity contribution is 5.84. The molecular formula is C14H29N3O2. The summed E-state index contributed by atoms with van der Waals surface area (Å²) in [6, 6.07) is 0.556. The molecule has 0 aromatic rings. The highest BCUT2D eigenvalue weighted by Gasteiger charge is 2.28. The lowest BCUT2D eigenvalue weighted by Gasteiger charge is -2.35. The zero-order chi connectivity index (χ0) is 14.3. The molecule has 1 aliphatic heterocycles. The van der Waals surface area contributed by atoms with E-state index in [1.807, 2.05) is 6.92 Å². The minimum absolute atomic E-state index is 0.271. The van der Waals surface area contributed by atoms with E-state index in [0.29, 0.717) is 6.04 Å². The van der Waals surface area contributed by atoms with Gasteiger partial charge in [-0.2, -0.15) is 0 Å². The number of hydrogen-bond donors (Lipinski definition) is 2. The van der Waals surface area contributed by atoms with Crippen molar-refractivity contribution in [1.82, 2.24) is 10.2 Å². The molecule has 0 bridgehead atoms. The molecule has 5 nitrogen and oxygen atoms in total. The van der Waals surface area contributed by atoms with Crippen molar-refractivity contribution >= 4 is 5.91 Å². The quantitative estimate of drug-likeness (QED) is 0.639. The van der Waals surface area contributed by atoms with Gasteiger partial charge in [0.1, 0.15) is 0 Å². The molecule has 0 aromatic carbocycles. The van der Waals surface area contributed by atoms with E-state index in [0.717, 1.165) is 52.0 Å². The number of likely N-dealkylation sites (N-methyl/N-ethyl adjacent to an activating group) is 1. The smallest absolute Gasteiger partial charge is 0.237 e. The molecule has 2 atom stereocenters. The van der Waals surface area contributed by atoms with Crippen LogP contribution in [0.1, 0.15) is 39.5 Å². The molecular weight excluding hydrogens is 242 g/mol. The van der Waals surface area contributed by atoms with Crippen molar-refractivity contribution in [2.75, 3.05) is 33.4 Å². The van der Waals surface area contributed by atoms with Crippen molar-refractivity contribution in [3.63, 3.8) is 0 Å². The molecule has 0 saturated carbocycles. The summed E-state index contributed by atoms with van der Waals surface area (Å²) in [5.74, 6) is -0.271. The van der Waals surface area contributed by atoms with Gasteiger partial charge in [0.2, 0.25) is 5.91 Å². The van der Waals surface area contributed by atoms with Crippen LogP contribution in [-0.4, -0.2) is 55.7 Å². The van der Waals surface area contributed by atoms with Crippen LogP contribution in [0.2, 0.25) is 0 Å². The minimum Gasteiger partial charge on any atom is -0.378 e. The van der Waals surface area contributed by atoms with Gasteiger partial charge in [0, 0.05) is 12.6 Å². The molecule has 5 heteroatoms. The van der Waals surface area contributed by atoms with Gasteiger partial charge in [-0.05, 0) is 46.2 Å². The van der Waals surface area contributed by atoms with Crippen LogP contribution in [0.5, 0.6) is 0 Å². The average Bonchev–Trinajstić information content (AvgIpc) is 2.43. The molecule has 2 unspecified atom stereocenters. The van der Waals surface area contributed by atoms with Crippen LogP contribution in [0.25, 0.3) is 0 Å². The molecule has 1 fully saturated rings. The molecule has 1 heterocycles. The number of unbranched alkanes of at least 4 members (excludes halogenated alkanes) is 1.